The molecule has 6 heteroatoms. The van der Waals surface area contributed by atoms with Gasteiger partial charge in [-0.15, -0.1) is 11.3 Å². The average molecular weight is 350 g/mol. The topological polar surface area (TPSA) is 62.3 Å². The highest BCUT2D eigenvalue weighted by Gasteiger charge is 2.41. The highest BCUT2D eigenvalue weighted by Crippen LogP contribution is 2.34. The molecule has 2 aliphatic rings. The second-order valence-corrected chi connectivity index (χ2v) is 8.90. The van der Waals surface area contributed by atoms with Crippen LogP contribution in [0.1, 0.15) is 70.1 Å². The van der Waals surface area contributed by atoms with Gasteiger partial charge in [0.1, 0.15) is 11.0 Å². The number of nitrogens with one attached hydrogen (secondary N) is 1. The molecule has 1 aliphatic heterocycles. The summed E-state index contributed by atoms with van der Waals surface area (Å²) in [5.74, 6) is 0.301. The number of thiazole rings is 1. The minimum atomic E-state index is -0.303. The maximum atomic E-state index is 12.7. The SMILES string of the molecule is C[C@H](NC(=O)[C@H]1CCCN1C(=O)C1CC1)c1nc(C(C)(C)C)cs1. The van der Waals surface area contributed by atoms with E-state index in [4.69, 9.17) is 0 Å². The van der Waals surface area contributed by atoms with Crippen molar-refractivity contribution in [1.29, 1.82) is 0 Å². The number of rotatable bonds is 4. The predicted molar refractivity (Wildman–Crippen MR) is 94.8 cm³/mol. The molecule has 0 bridgehead atoms. The van der Waals surface area contributed by atoms with Crippen LogP contribution in [0.3, 0.4) is 0 Å². The van der Waals surface area contributed by atoms with Crippen molar-refractivity contribution < 1.29 is 9.59 Å². The van der Waals surface area contributed by atoms with Crippen LogP contribution in [0.5, 0.6) is 0 Å². The minimum Gasteiger partial charge on any atom is -0.345 e. The second-order valence-electron chi connectivity index (χ2n) is 8.02. The van der Waals surface area contributed by atoms with Crippen molar-refractivity contribution in [3.05, 3.63) is 16.1 Å². The molecular formula is C18H27N3O2S. The largest absolute Gasteiger partial charge is 0.345 e. The summed E-state index contributed by atoms with van der Waals surface area (Å²) < 4.78 is 0. The number of nitrogens with zero attached hydrogens (tertiary/aromatic N) is 2. The van der Waals surface area contributed by atoms with Gasteiger partial charge in [0.2, 0.25) is 11.8 Å². The van der Waals surface area contributed by atoms with E-state index in [0.29, 0.717) is 6.54 Å². The van der Waals surface area contributed by atoms with Crippen LogP contribution in [-0.2, 0) is 15.0 Å². The molecule has 1 saturated carbocycles. The third-order valence-electron chi connectivity index (χ3n) is 4.78. The van der Waals surface area contributed by atoms with Gasteiger partial charge in [-0.3, -0.25) is 9.59 Å². The van der Waals surface area contributed by atoms with Gasteiger partial charge in [0.05, 0.1) is 11.7 Å². The summed E-state index contributed by atoms with van der Waals surface area (Å²) in [7, 11) is 0. The third-order valence-corrected chi connectivity index (χ3v) is 5.81. The summed E-state index contributed by atoms with van der Waals surface area (Å²) in [4.78, 5) is 31.5. The first kappa shape index (κ1) is 17.4. The van der Waals surface area contributed by atoms with Crippen LogP contribution in [-0.4, -0.2) is 34.3 Å². The quantitative estimate of drug-likeness (QED) is 0.909. The van der Waals surface area contributed by atoms with Crippen LogP contribution in [0.15, 0.2) is 5.38 Å². The Kier molecular flexibility index (Phi) is 4.69. The normalized spacial score (nSPS) is 22.5. The van der Waals surface area contributed by atoms with E-state index in [-0.39, 0.29) is 35.2 Å². The number of carbonyl (C=O) groups excluding carboxylic acids is 2. The molecule has 2 amide bonds. The Hall–Kier alpha value is -1.43. The summed E-state index contributed by atoms with van der Waals surface area (Å²) in [5, 5.41) is 6.05. The van der Waals surface area contributed by atoms with Crippen LogP contribution in [0.2, 0.25) is 0 Å². The molecule has 0 radical (unpaired) electrons. The number of aromatic nitrogens is 1. The van der Waals surface area contributed by atoms with E-state index < -0.39 is 0 Å². The Balaban J connectivity index is 1.63. The molecule has 132 valence electrons. The maximum absolute atomic E-state index is 12.7. The number of amides is 2. The highest BCUT2D eigenvalue weighted by molar-refractivity contribution is 7.09. The van der Waals surface area contributed by atoms with Crippen molar-refractivity contribution in [1.82, 2.24) is 15.2 Å². The van der Waals surface area contributed by atoms with E-state index in [0.717, 1.165) is 36.4 Å². The van der Waals surface area contributed by atoms with E-state index in [1.165, 1.54) is 0 Å². The number of hydrogen-bond donors (Lipinski definition) is 1. The van der Waals surface area contributed by atoms with Gasteiger partial charge in [-0.05, 0) is 32.6 Å². The van der Waals surface area contributed by atoms with E-state index in [2.05, 4.69) is 36.5 Å². The number of hydrogen-bond acceptors (Lipinski definition) is 4. The zero-order valence-corrected chi connectivity index (χ0v) is 15.8. The van der Waals surface area contributed by atoms with Crippen LogP contribution < -0.4 is 5.32 Å². The van der Waals surface area contributed by atoms with Crippen LogP contribution >= 0.6 is 11.3 Å². The highest BCUT2D eigenvalue weighted by atomic mass is 32.1. The minimum absolute atomic E-state index is 0.0113. The molecule has 0 aromatic carbocycles. The Morgan fingerprint density at radius 2 is 2.04 bits per heavy atom. The van der Waals surface area contributed by atoms with E-state index in [1.807, 2.05) is 6.92 Å². The number of carbonyl (C=O) groups is 2. The lowest BCUT2D eigenvalue weighted by atomic mass is 9.93. The zero-order chi connectivity index (χ0) is 17.5. The Labute approximate surface area is 147 Å². The molecule has 1 N–H and O–H groups in total. The molecule has 1 saturated heterocycles. The lowest BCUT2D eigenvalue weighted by Crippen LogP contribution is -2.47. The van der Waals surface area contributed by atoms with Crippen molar-refractivity contribution in [2.24, 2.45) is 5.92 Å². The Morgan fingerprint density at radius 1 is 1.33 bits per heavy atom. The lowest BCUT2D eigenvalue weighted by Gasteiger charge is -2.25. The van der Waals surface area contributed by atoms with Crippen molar-refractivity contribution in [2.45, 2.75) is 70.9 Å². The van der Waals surface area contributed by atoms with Gasteiger partial charge < -0.3 is 10.2 Å². The summed E-state index contributed by atoms with van der Waals surface area (Å²) >= 11 is 1.58. The summed E-state index contributed by atoms with van der Waals surface area (Å²) in [6.45, 7) is 9.08. The van der Waals surface area contributed by atoms with E-state index in [9.17, 15) is 9.59 Å². The van der Waals surface area contributed by atoms with Gasteiger partial charge in [0.25, 0.3) is 0 Å². The van der Waals surface area contributed by atoms with Crippen molar-refractivity contribution in [3.63, 3.8) is 0 Å². The van der Waals surface area contributed by atoms with Gasteiger partial charge in [-0.1, -0.05) is 20.8 Å². The van der Waals surface area contributed by atoms with Crippen LogP contribution in [0, 0.1) is 5.92 Å². The van der Waals surface area contributed by atoms with Crippen LogP contribution in [0.4, 0.5) is 0 Å². The van der Waals surface area contributed by atoms with Crippen molar-refractivity contribution >= 4 is 23.2 Å². The molecule has 1 aliphatic carbocycles. The summed E-state index contributed by atoms with van der Waals surface area (Å²) in [6, 6.07) is -0.431. The zero-order valence-electron chi connectivity index (χ0n) is 15.0. The Morgan fingerprint density at radius 3 is 2.62 bits per heavy atom. The fourth-order valence-corrected chi connectivity index (χ4v) is 4.12. The average Bonchev–Trinajstić information content (AvgIpc) is 3.03. The van der Waals surface area contributed by atoms with Crippen LogP contribution in [0.25, 0.3) is 0 Å². The summed E-state index contributed by atoms with van der Waals surface area (Å²) in [5.41, 5.74) is 1.06. The van der Waals surface area contributed by atoms with Gasteiger partial charge in [-0.25, -0.2) is 4.98 Å². The fourth-order valence-electron chi connectivity index (χ4n) is 3.07. The molecule has 2 atom stereocenters. The van der Waals surface area contributed by atoms with Gasteiger partial charge in [0, 0.05) is 23.3 Å². The molecule has 24 heavy (non-hydrogen) atoms. The van der Waals surface area contributed by atoms with E-state index in [1.54, 1.807) is 16.2 Å². The van der Waals surface area contributed by atoms with Gasteiger partial charge >= 0.3 is 0 Å². The monoisotopic (exact) mass is 349 g/mol. The molecule has 0 unspecified atom stereocenters. The van der Waals surface area contributed by atoms with E-state index >= 15 is 0 Å². The fraction of sp³-hybridized carbons (Fsp3) is 0.722. The smallest absolute Gasteiger partial charge is 0.243 e. The first-order valence-electron chi connectivity index (χ1n) is 8.84. The standard InChI is InChI=1S/C18H27N3O2S/c1-11(16-20-14(10-24-16)18(2,3)4)19-15(22)13-6-5-9-21(13)17(23)12-7-8-12/h10-13H,5-9H2,1-4H3,(H,19,22)/t11-,13+/m0/s1. The maximum Gasteiger partial charge on any atom is 0.243 e. The van der Waals surface area contributed by atoms with Gasteiger partial charge in [-0.2, -0.15) is 0 Å². The summed E-state index contributed by atoms with van der Waals surface area (Å²) in [6.07, 6.45) is 3.64. The predicted octanol–water partition coefficient (Wildman–Crippen LogP) is 3.02. The lowest BCUT2D eigenvalue weighted by molar-refractivity contribution is -0.139. The second kappa shape index (κ2) is 6.47. The molecule has 2 heterocycles. The van der Waals surface area contributed by atoms with Crippen molar-refractivity contribution in [3.8, 4) is 0 Å². The third kappa shape index (κ3) is 3.63. The molecule has 1 aromatic heterocycles. The molecule has 3 rings (SSSR count). The molecule has 2 fully saturated rings. The number of likely N-dealkylation sites (tertiary alicyclic amines) is 1. The first-order valence-corrected chi connectivity index (χ1v) is 9.72. The van der Waals surface area contributed by atoms with Gasteiger partial charge in [0.15, 0.2) is 0 Å². The molecule has 0 spiro atoms. The first-order chi connectivity index (χ1) is 11.3. The Bertz CT molecular complexity index is 630. The van der Waals surface area contributed by atoms with Crippen molar-refractivity contribution in [2.75, 3.05) is 6.54 Å². The molecule has 5 nitrogen and oxygen atoms in total. The molecular weight excluding hydrogens is 322 g/mol. The molecule has 1 aromatic rings.